The normalized spacial score (nSPS) is 20.5. The molecule has 1 aliphatic rings. The standard InChI is InChI=1S/C16H24N2O/c1-16(2,3)14(17)15(19)18-13-9-8-11-6-4-5-7-12(11)10-13/h4-7,13-14H,8-10,17H2,1-3H3,(H,18,19). The number of hydrogen-bond acceptors (Lipinski definition) is 2. The van der Waals surface area contributed by atoms with Gasteiger partial charge < -0.3 is 11.1 Å². The first-order valence-corrected chi connectivity index (χ1v) is 7.00. The van der Waals surface area contributed by atoms with Crippen molar-refractivity contribution >= 4 is 5.91 Å². The number of amides is 1. The molecule has 1 aromatic rings. The Kier molecular flexibility index (Phi) is 3.95. The lowest BCUT2D eigenvalue weighted by Crippen LogP contribution is -2.52. The maximum atomic E-state index is 12.1. The second kappa shape index (κ2) is 5.33. The molecule has 3 heteroatoms. The van der Waals surface area contributed by atoms with Crippen molar-refractivity contribution in [1.82, 2.24) is 5.32 Å². The zero-order valence-electron chi connectivity index (χ0n) is 12.1. The maximum Gasteiger partial charge on any atom is 0.237 e. The Balaban J connectivity index is 1.98. The predicted molar refractivity (Wildman–Crippen MR) is 77.8 cm³/mol. The summed E-state index contributed by atoms with van der Waals surface area (Å²) in [6, 6.07) is 8.23. The average Bonchev–Trinajstić information content (AvgIpc) is 2.36. The fourth-order valence-corrected chi connectivity index (χ4v) is 2.51. The quantitative estimate of drug-likeness (QED) is 0.855. The number of rotatable bonds is 2. The van der Waals surface area contributed by atoms with Crippen LogP contribution < -0.4 is 11.1 Å². The van der Waals surface area contributed by atoms with Crippen LogP contribution in [0.25, 0.3) is 0 Å². The number of carbonyl (C=O) groups excluding carboxylic acids is 1. The molecule has 0 saturated heterocycles. The molecule has 0 bridgehead atoms. The Morgan fingerprint density at radius 2 is 1.95 bits per heavy atom. The minimum Gasteiger partial charge on any atom is -0.352 e. The Hall–Kier alpha value is -1.35. The highest BCUT2D eigenvalue weighted by Gasteiger charge is 2.29. The highest BCUT2D eigenvalue weighted by atomic mass is 16.2. The lowest BCUT2D eigenvalue weighted by molar-refractivity contribution is -0.125. The third-order valence-electron chi connectivity index (χ3n) is 3.91. The molecule has 1 aromatic carbocycles. The number of nitrogens with two attached hydrogens (primary N) is 1. The van der Waals surface area contributed by atoms with E-state index in [-0.39, 0.29) is 17.4 Å². The first-order chi connectivity index (χ1) is 8.88. The summed E-state index contributed by atoms with van der Waals surface area (Å²) < 4.78 is 0. The molecular weight excluding hydrogens is 236 g/mol. The smallest absolute Gasteiger partial charge is 0.237 e. The van der Waals surface area contributed by atoms with E-state index in [1.807, 2.05) is 20.8 Å². The predicted octanol–water partition coefficient (Wildman–Crippen LogP) is 2.03. The first-order valence-electron chi connectivity index (χ1n) is 7.00. The van der Waals surface area contributed by atoms with Crippen LogP contribution in [0.15, 0.2) is 24.3 Å². The average molecular weight is 260 g/mol. The number of benzene rings is 1. The zero-order chi connectivity index (χ0) is 14.0. The Labute approximate surface area is 115 Å². The van der Waals surface area contributed by atoms with Gasteiger partial charge in [0.25, 0.3) is 0 Å². The van der Waals surface area contributed by atoms with Gasteiger partial charge in [-0.05, 0) is 35.8 Å². The van der Waals surface area contributed by atoms with Crippen LogP contribution in [0.3, 0.4) is 0 Å². The molecule has 19 heavy (non-hydrogen) atoms. The van der Waals surface area contributed by atoms with Gasteiger partial charge >= 0.3 is 0 Å². The van der Waals surface area contributed by atoms with Gasteiger partial charge in [-0.25, -0.2) is 0 Å². The van der Waals surface area contributed by atoms with Crippen LogP contribution in [0.4, 0.5) is 0 Å². The molecule has 0 heterocycles. The van der Waals surface area contributed by atoms with Gasteiger partial charge in [-0.2, -0.15) is 0 Å². The highest BCUT2D eigenvalue weighted by Crippen LogP contribution is 2.22. The van der Waals surface area contributed by atoms with Crippen molar-refractivity contribution in [3.05, 3.63) is 35.4 Å². The summed E-state index contributed by atoms with van der Waals surface area (Å²) in [5.74, 6) is -0.0307. The van der Waals surface area contributed by atoms with Crippen LogP contribution in [0, 0.1) is 5.41 Å². The summed E-state index contributed by atoms with van der Waals surface area (Å²) in [6.07, 6.45) is 2.95. The zero-order valence-corrected chi connectivity index (χ0v) is 12.1. The largest absolute Gasteiger partial charge is 0.352 e. The molecule has 104 valence electrons. The van der Waals surface area contributed by atoms with Crippen LogP contribution in [0.2, 0.25) is 0 Å². The van der Waals surface area contributed by atoms with Crippen molar-refractivity contribution in [2.24, 2.45) is 11.1 Å². The molecule has 3 nitrogen and oxygen atoms in total. The number of hydrogen-bond donors (Lipinski definition) is 2. The minimum absolute atomic E-state index is 0.0307. The molecule has 0 spiro atoms. The minimum atomic E-state index is -0.454. The van der Waals surface area contributed by atoms with Crippen LogP contribution in [-0.2, 0) is 17.6 Å². The topological polar surface area (TPSA) is 55.1 Å². The van der Waals surface area contributed by atoms with Crippen molar-refractivity contribution in [3.8, 4) is 0 Å². The van der Waals surface area contributed by atoms with E-state index in [9.17, 15) is 4.79 Å². The summed E-state index contributed by atoms with van der Waals surface area (Å²) in [5, 5.41) is 3.10. The van der Waals surface area contributed by atoms with Crippen molar-refractivity contribution in [2.45, 2.75) is 52.1 Å². The molecule has 0 aromatic heterocycles. The van der Waals surface area contributed by atoms with E-state index in [0.29, 0.717) is 0 Å². The van der Waals surface area contributed by atoms with Gasteiger partial charge in [-0.15, -0.1) is 0 Å². The molecule has 0 radical (unpaired) electrons. The van der Waals surface area contributed by atoms with Gasteiger partial charge in [-0.3, -0.25) is 4.79 Å². The fourth-order valence-electron chi connectivity index (χ4n) is 2.51. The molecule has 2 unspecified atom stereocenters. The maximum absolute atomic E-state index is 12.1. The van der Waals surface area contributed by atoms with Crippen molar-refractivity contribution in [1.29, 1.82) is 0 Å². The van der Waals surface area contributed by atoms with E-state index in [4.69, 9.17) is 5.73 Å². The van der Waals surface area contributed by atoms with Crippen molar-refractivity contribution in [3.63, 3.8) is 0 Å². The lowest BCUT2D eigenvalue weighted by atomic mass is 9.85. The van der Waals surface area contributed by atoms with E-state index in [2.05, 4.69) is 29.6 Å². The highest BCUT2D eigenvalue weighted by molar-refractivity contribution is 5.82. The van der Waals surface area contributed by atoms with E-state index in [1.165, 1.54) is 11.1 Å². The lowest BCUT2D eigenvalue weighted by Gasteiger charge is -2.30. The first kappa shape index (κ1) is 14.1. The van der Waals surface area contributed by atoms with Crippen LogP contribution in [0.5, 0.6) is 0 Å². The number of nitrogens with one attached hydrogen (secondary N) is 1. The molecule has 0 saturated carbocycles. The third kappa shape index (κ3) is 3.35. The second-order valence-corrected chi connectivity index (χ2v) is 6.56. The second-order valence-electron chi connectivity index (χ2n) is 6.56. The Bertz CT molecular complexity index is 462. The molecule has 3 N–H and O–H groups in total. The third-order valence-corrected chi connectivity index (χ3v) is 3.91. The van der Waals surface area contributed by atoms with Crippen LogP contribution in [-0.4, -0.2) is 18.0 Å². The van der Waals surface area contributed by atoms with Crippen molar-refractivity contribution in [2.75, 3.05) is 0 Å². The van der Waals surface area contributed by atoms with E-state index in [1.54, 1.807) is 0 Å². The summed E-state index contributed by atoms with van der Waals surface area (Å²) in [4.78, 5) is 12.1. The van der Waals surface area contributed by atoms with Crippen LogP contribution in [0.1, 0.15) is 38.3 Å². The molecule has 1 aliphatic carbocycles. The Morgan fingerprint density at radius 1 is 1.32 bits per heavy atom. The molecule has 1 amide bonds. The monoisotopic (exact) mass is 260 g/mol. The fraction of sp³-hybridized carbons (Fsp3) is 0.562. The van der Waals surface area contributed by atoms with Gasteiger partial charge in [0, 0.05) is 6.04 Å². The summed E-state index contributed by atoms with van der Waals surface area (Å²) in [7, 11) is 0. The van der Waals surface area contributed by atoms with Crippen molar-refractivity contribution < 1.29 is 4.79 Å². The van der Waals surface area contributed by atoms with Gasteiger partial charge in [0.1, 0.15) is 0 Å². The number of aryl methyl sites for hydroxylation is 1. The summed E-state index contributed by atoms with van der Waals surface area (Å²) in [5.41, 5.74) is 8.56. The number of carbonyl (C=O) groups is 1. The van der Waals surface area contributed by atoms with Gasteiger partial charge in [0.15, 0.2) is 0 Å². The van der Waals surface area contributed by atoms with E-state index in [0.717, 1.165) is 19.3 Å². The molecule has 0 aliphatic heterocycles. The summed E-state index contributed by atoms with van der Waals surface area (Å²) >= 11 is 0. The van der Waals surface area contributed by atoms with Gasteiger partial charge in [-0.1, -0.05) is 45.0 Å². The molecule has 2 rings (SSSR count). The molecule has 2 atom stereocenters. The SMILES string of the molecule is CC(C)(C)C(N)C(=O)NC1CCc2ccccc2C1. The van der Waals surface area contributed by atoms with Gasteiger partial charge in [0.05, 0.1) is 6.04 Å². The van der Waals surface area contributed by atoms with E-state index < -0.39 is 6.04 Å². The molecular formula is C16H24N2O. The molecule has 0 fully saturated rings. The van der Waals surface area contributed by atoms with E-state index >= 15 is 0 Å². The number of fused-ring (bicyclic) bond motifs is 1. The summed E-state index contributed by atoms with van der Waals surface area (Å²) in [6.45, 7) is 5.98. The van der Waals surface area contributed by atoms with Crippen LogP contribution >= 0.6 is 0 Å². The van der Waals surface area contributed by atoms with Gasteiger partial charge in [0.2, 0.25) is 5.91 Å². The Morgan fingerprint density at radius 3 is 2.58 bits per heavy atom.